The van der Waals surface area contributed by atoms with Crippen molar-refractivity contribution in [2.24, 2.45) is 0 Å². The maximum absolute atomic E-state index is 4.35. The van der Waals surface area contributed by atoms with E-state index in [0.29, 0.717) is 0 Å². The summed E-state index contributed by atoms with van der Waals surface area (Å²) >= 11 is 0. The van der Waals surface area contributed by atoms with E-state index in [2.05, 4.69) is 9.97 Å². The Morgan fingerprint density at radius 2 is 1.71 bits per heavy atom. The summed E-state index contributed by atoms with van der Waals surface area (Å²) in [7, 11) is 0. The molecule has 0 unspecified atom stereocenters. The summed E-state index contributed by atoms with van der Waals surface area (Å²) in [5.41, 5.74) is 3.01. The zero-order chi connectivity index (χ0) is 11.5. The smallest absolute Gasteiger partial charge is 0.0997 e. The van der Waals surface area contributed by atoms with E-state index in [4.69, 9.17) is 0 Å². The molecule has 0 spiro atoms. The Morgan fingerprint density at radius 1 is 0.882 bits per heavy atom. The van der Waals surface area contributed by atoms with Crippen molar-refractivity contribution < 1.29 is 0 Å². The van der Waals surface area contributed by atoms with Gasteiger partial charge in [-0.1, -0.05) is 24.3 Å². The second-order valence-electron chi connectivity index (χ2n) is 3.70. The van der Waals surface area contributed by atoms with E-state index in [9.17, 15) is 0 Å². The van der Waals surface area contributed by atoms with Gasteiger partial charge in [0.05, 0.1) is 23.9 Å². The Hall–Kier alpha value is -2.42. The molecule has 0 atom stereocenters. The van der Waals surface area contributed by atoms with Gasteiger partial charge in [0.1, 0.15) is 0 Å². The van der Waals surface area contributed by atoms with Crippen LogP contribution in [-0.4, -0.2) is 14.5 Å². The molecule has 0 bridgehead atoms. The van der Waals surface area contributed by atoms with E-state index in [1.54, 1.807) is 12.5 Å². The molecule has 3 rings (SSSR count). The van der Waals surface area contributed by atoms with Crippen LogP contribution in [0, 0.1) is 0 Å². The molecule has 17 heavy (non-hydrogen) atoms. The molecule has 2 heterocycles. The van der Waals surface area contributed by atoms with E-state index in [0.717, 1.165) is 17.1 Å². The molecule has 0 aliphatic carbocycles. The summed E-state index contributed by atoms with van der Waals surface area (Å²) in [6.45, 7) is 0. The third-order valence-corrected chi connectivity index (χ3v) is 2.60. The number of hydrogen-bond acceptors (Lipinski definition) is 2. The van der Waals surface area contributed by atoms with Gasteiger partial charge in [-0.05, 0) is 24.3 Å². The summed E-state index contributed by atoms with van der Waals surface area (Å²) in [5.74, 6) is 0. The fourth-order valence-corrected chi connectivity index (χ4v) is 1.79. The quantitative estimate of drug-likeness (QED) is 0.666. The molecule has 1 aromatic carbocycles. The molecule has 0 saturated heterocycles. The number of rotatable bonds is 2. The van der Waals surface area contributed by atoms with Crippen LogP contribution in [0.1, 0.15) is 0 Å². The lowest BCUT2D eigenvalue weighted by Crippen LogP contribution is -1.95. The monoisotopic (exact) mass is 221 g/mol. The second kappa shape index (κ2) is 4.22. The summed E-state index contributed by atoms with van der Waals surface area (Å²) in [4.78, 5) is 8.54. The van der Waals surface area contributed by atoms with E-state index >= 15 is 0 Å². The van der Waals surface area contributed by atoms with E-state index in [1.165, 1.54) is 0 Å². The molecule has 0 saturated carbocycles. The van der Waals surface area contributed by atoms with Gasteiger partial charge in [0.2, 0.25) is 0 Å². The van der Waals surface area contributed by atoms with Crippen LogP contribution >= 0.6 is 0 Å². The van der Waals surface area contributed by atoms with Gasteiger partial charge in [-0.15, -0.1) is 0 Å². The van der Waals surface area contributed by atoms with Gasteiger partial charge >= 0.3 is 0 Å². The van der Waals surface area contributed by atoms with E-state index < -0.39 is 0 Å². The van der Waals surface area contributed by atoms with Crippen LogP contribution in [-0.2, 0) is 0 Å². The molecule has 3 heteroatoms. The van der Waals surface area contributed by atoms with E-state index in [-0.39, 0.29) is 0 Å². The van der Waals surface area contributed by atoms with Gasteiger partial charge in [-0.25, -0.2) is 4.98 Å². The Labute approximate surface area is 99.4 Å². The minimum absolute atomic E-state index is 0.925. The highest BCUT2D eigenvalue weighted by Crippen LogP contribution is 2.19. The minimum Gasteiger partial charge on any atom is -0.297 e. The predicted octanol–water partition coefficient (Wildman–Crippen LogP) is 2.93. The topological polar surface area (TPSA) is 30.7 Å². The van der Waals surface area contributed by atoms with Crippen LogP contribution in [0.3, 0.4) is 0 Å². The van der Waals surface area contributed by atoms with Crippen molar-refractivity contribution in [3.63, 3.8) is 0 Å². The fraction of sp³-hybridized carbons (Fsp3) is 0. The normalized spacial score (nSPS) is 10.4. The standard InChI is InChI=1S/C14H11N3/c1-2-6-12(7-3-1)17-11-15-10-14(17)13-8-4-5-9-16-13/h1-11H. The average molecular weight is 221 g/mol. The molecule has 3 nitrogen and oxygen atoms in total. The molecule has 0 amide bonds. The van der Waals surface area contributed by atoms with Crippen molar-refractivity contribution in [1.29, 1.82) is 0 Å². The number of hydrogen-bond donors (Lipinski definition) is 0. The first-order valence-corrected chi connectivity index (χ1v) is 5.44. The van der Waals surface area contributed by atoms with Gasteiger partial charge < -0.3 is 0 Å². The van der Waals surface area contributed by atoms with Gasteiger partial charge in [0, 0.05) is 11.9 Å². The Balaban J connectivity index is 2.13. The van der Waals surface area contributed by atoms with Gasteiger partial charge in [-0.3, -0.25) is 9.55 Å². The third kappa shape index (κ3) is 1.83. The highest BCUT2D eigenvalue weighted by Gasteiger charge is 2.06. The van der Waals surface area contributed by atoms with Crippen molar-refractivity contribution in [2.75, 3.05) is 0 Å². The molecular weight excluding hydrogens is 210 g/mol. The maximum Gasteiger partial charge on any atom is 0.0997 e. The highest BCUT2D eigenvalue weighted by molar-refractivity contribution is 5.57. The zero-order valence-electron chi connectivity index (χ0n) is 9.19. The van der Waals surface area contributed by atoms with Crippen LogP contribution < -0.4 is 0 Å². The number of para-hydroxylation sites is 1. The molecule has 0 N–H and O–H groups in total. The Kier molecular flexibility index (Phi) is 2.43. The SMILES string of the molecule is c1ccc(-n2cncc2-c2ccccn2)cc1. The first kappa shape index (κ1) is 9.78. The molecule has 0 fully saturated rings. The number of benzene rings is 1. The van der Waals surface area contributed by atoms with E-state index in [1.807, 2.05) is 59.3 Å². The van der Waals surface area contributed by atoms with Crippen LogP contribution in [0.25, 0.3) is 17.1 Å². The number of aromatic nitrogens is 3. The van der Waals surface area contributed by atoms with Crippen molar-refractivity contribution >= 4 is 0 Å². The molecule has 2 aromatic heterocycles. The maximum atomic E-state index is 4.35. The largest absolute Gasteiger partial charge is 0.297 e. The molecule has 3 aromatic rings. The summed E-state index contributed by atoms with van der Waals surface area (Å²) in [5, 5.41) is 0. The van der Waals surface area contributed by atoms with Crippen LogP contribution in [0.4, 0.5) is 0 Å². The third-order valence-electron chi connectivity index (χ3n) is 2.60. The lowest BCUT2D eigenvalue weighted by Gasteiger charge is -2.06. The van der Waals surface area contributed by atoms with Crippen LogP contribution in [0.2, 0.25) is 0 Å². The predicted molar refractivity (Wildman–Crippen MR) is 66.8 cm³/mol. The number of pyridine rings is 1. The van der Waals surface area contributed by atoms with Crippen molar-refractivity contribution in [1.82, 2.24) is 14.5 Å². The summed E-state index contributed by atoms with van der Waals surface area (Å²) in [6.07, 6.45) is 5.42. The summed E-state index contributed by atoms with van der Waals surface area (Å²) in [6, 6.07) is 16.0. The fourth-order valence-electron chi connectivity index (χ4n) is 1.79. The molecule has 0 aliphatic rings. The van der Waals surface area contributed by atoms with Crippen molar-refractivity contribution in [3.05, 3.63) is 67.3 Å². The van der Waals surface area contributed by atoms with Crippen LogP contribution in [0.15, 0.2) is 67.3 Å². The lowest BCUT2D eigenvalue weighted by atomic mass is 10.2. The van der Waals surface area contributed by atoms with Gasteiger partial charge in [0.25, 0.3) is 0 Å². The van der Waals surface area contributed by atoms with Gasteiger partial charge in [-0.2, -0.15) is 0 Å². The average Bonchev–Trinajstić information content (AvgIpc) is 2.90. The minimum atomic E-state index is 0.925. The van der Waals surface area contributed by atoms with Gasteiger partial charge in [0.15, 0.2) is 0 Å². The van der Waals surface area contributed by atoms with Crippen molar-refractivity contribution in [2.45, 2.75) is 0 Å². The zero-order valence-corrected chi connectivity index (χ0v) is 9.19. The molecule has 0 aliphatic heterocycles. The second-order valence-corrected chi connectivity index (χ2v) is 3.70. The molecular formula is C14H11N3. The highest BCUT2D eigenvalue weighted by atomic mass is 15.1. The molecule has 82 valence electrons. The first-order valence-electron chi connectivity index (χ1n) is 5.44. The van der Waals surface area contributed by atoms with Crippen LogP contribution in [0.5, 0.6) is 0 Å². The summed E-state index contributed by atoms with van der Waals surface area (Å²) < 4.78 is 2.03. The van der Waals surface area contributed by atoms with Crippen molar-refractivity contribution in [3.8, 4) is 17.1 Å². The Morgan fingerprint density at radius 3 is 2.47 bits per heavy atom. The molecule has 0 radical (unpaired) electrons. The first-order chi connectivity index (χ1) is 8.45. The number of imidazole rings is 1. The Bertz CT molecular complexity index is 546. The number of nitrogens with zero attached hydrogens (tertiary/aromatic N) is 3. The lowest BCUT2D eigenvalue weighted by molar-refractivity contribution is 1.05.